The lowest BCUT2D eigenvalue weighted by Gasteiger charge is -2.09. The van der Waals surface area contributed by atoms with Gasteiger partial charge in [-0.25, -0.2) is 0 Å². The van der Waals surface area contributed by atoms with Gasteiger partial charge in [-0.1, -0.05) is 47.5 Å². The molecule has 30 heavy (non-hydrogen) atoms. The maximum Gasteiger partial charge on any atom is 0.286 e. The van der Waals surface area contributed by atoms with Crippen LogP contribution in [0.3, 0.4) is 0 Å². The van der Waals surface area contributed by atoms with E-state index in [4.69, 9.17) is 32.4 Å². The van der Waals surface area contributed by atoms with Crippen molar-refractivity contribution in [1.82, 2.24) is 15.1 Å². The first-order valence-electron chi connectivity index (χ1n) is 9.56. The third kappa shape index (κ3) is 5.46. The summed E-state index contributed by atoms with van der Waals surface area (Å²) in [5.41, 5.74) is 1.73. The van der Waals surface area contributed by atoms with Crippen molar-refractivity contribution in [1.29, 1.82) is 0 Å². The number of aryl methyl sites for hydroxylation is 2. The van der Waals surface area contributed by atoms with Crippen molar-refractivity contribution in [2.45, 2.75) is 32.9 Å². The lowest BCUT2D eigenvalue weighted by molar-refractivity contribution is 0.0920. The molecular formula is C22H23Cl2N3O3. The molecule has 0 bridgehead atoms. The van der Waals surface area contributed by atoms with E-state index in [1.807, 2.05) is 30.3 Å². The summed E-state index contributed by atoms with van der Waals surface area (Å²) in [5.74, 6) is 1.30. The summed E-state index contributed by atoms with van der Waals surface area (Å²) in [6.45, 7) is 6.79. The molecule has 158 valence electrons. The number of aromatic nitrogens is 2. The number of carbonyl (C=O) groups excluding carboxylic acids is 1. The topological polar surface area (TPSA) is 69.3 Å². The number of hydrogen-bond acceptors (Lipinski definition) is 4. The minimum Gasteiger partial charge on any atom is -0.485 e. The summed E-state index contributed by atoms with van der Waals surface area (Å²) < 4.78 is 13.1. The van der Waals surface area contributed by atoms with Gasteiger partial charge in [-0.15, -0.1) is 6.58 Å². The molecule has 0 aliphatic rings. The summed E-state index contributed by atoms with van der Waals surface area (Å²) in [4.78, 5) is 12.3. The monoisotopic (exact) mass is 447 g/mol. The quantitative estimate of drug-likeness (QED) is 0.341. The van der Waals surface area contributed by atoms with E-state index in [1.54, 1.807) is 23.7 Å². The number of rotatable bonds is 10. The highest BCUT2D eigenvalue weighted by Crippen LogP contribution is 2.25. The molecule has 0 saturated heterocycles. The standard InChI is InChI=1S/C22H23Cl2N3O3/c1-3-7-16-8-4-5-9-18(16)29-14-17-10-11-19(30-17)22(28)25-12-6-13-27-21(24)20(23)15(2)26-27/h3-5,8-11H,1,6-7,12-14H2,2H3,(H,25,28). The van der Waals surface area contributed by atoms with Crippen molar-refractivity contribution in [3.8, 4) is 5.75 Å². The van der Waals surface area contributed by atoms with Gasteiger partial charge >= 0.3 is 0 Å². The van der Waals surface area contributed by atoms with Crippen molar-refractivity contribution in [3.05, 3.63) is 82.0 Å². The Labute approximate surface area is 185 Å². The van der Waals surface area contributed by atoms with Gasteiger partial charge in [-0.2, -0.15) is 5.10 Å². The highest BCUT2D eigenvalue weighted by Gasteiger charge is 2.13. The number of nitrogens with one attached hydrogen (secondary N) is 1. The van der Waals surface area contributed by atoms with E-state index in [9.17, 15) is 4.79 Å². The van der Waals surface area contributed by atoms with E-state index in [2.05, 4.69) is 17.0 Å². The average molecular weight is 448 g/mol. The Morgan fingerprint density at radius 2 is 2.10 bits per heavy atom. The van der Waals surface area contributed by atoms with Gasteiger partial charge in [0, 0.05) is 13.1 Å². The normalized spacial score (nSPS) is 10.8. The second kappa shape index (κ2) is 10.4. The number of amides is 1. The summed E-state index contributed by atoms with van der Waals surface area (Å²) in [7, 11) is 0. The van der Waals surface area contributed by atoms with Gasteiger partial charge in [-0.3, -0.25) is 9.48 Å². The molecule has 1 aromatic carbocycles. The summed E-state index contributed by atoms with van der Waals surface area (Å²) in [6, 6.07) is 11.1. The highest BCUT2D eigenvalue weighted by molar-refractivity contribution is 6.41. The molecule has 2 aromatic heterocycles. The van der Waals surface area contributed by atoms with Crippen molar-refractivity contribution in [2.75, 3.05) is 6.54 Å². The molecule has 3 rings (SSSR count). The molecule has 8 heteroatoms. The molecular weight excluding hydrogens is 425 g/mol. The number of benzene rings is 1. The summed E-state index contributed by atoms with van der Waals surface area (Å²) in [5, 5.41) is 7.94. The smallest absolute Gasteiger partial charge is 0.286 e. The van der Waals surface area contributed by atoms with Crippen LogP contribution in [-0.4, -0.2) is 22.2 Å². The van der Waals surface area contributed by atoms with E-state index < -0.39 is 0 Å². The van der Waals surface area contributed by atoms with Crippen molar-refractivity contribution in [3.63, 3.8) is 0 Å². The van der Waals surface area contributed by atoms with E-state index >= 15 is 0 Å². The van der Waals surface area contributed by atoms with Crippen molar-refractivity contribution >= 4 is 29.1 Å². The zero-order chi connectivity index (χ0) is 21.5. The SMILES string of the molecule is C=CCc1ccccc1OCc1ccc(C(=O)NCCCn2nc(C)c(Cl)c2Cl)o1. The molecule has 0 spiro atoms. The molecule has 1 N–H and O–H groups in total. The minimum absolute atomic E-state index is 0.235. The summed E-state index contributed by atoms with van der Waals surface area (Å²) >= 11 is 12.1. The molecule has 0 atom stereocenters. The number of hydrogen-bond donors (Lipinski definition) is 1. The largest absolute Gasteiger partial charge is 0.485 e. The third-order valence-corrected chi connectivity index (χ3v) is 5.35. The number of carbonyl (C=O) groups is 1. The molecule has 0 radical (unpaired) electrons. The Morgan fingerprint density at radius 3 is 2.83 bits per heavy atom. The Kier molecular flexibility index (Phi) is 7.60. The maximum atomic E-state index is 12.3. The van der Waals surface area contributed by atoms with Gasteiger partial charge in [0.2, 0.25) is 0 Å². The van der Waals surface area contributed by atoms with Gasteiger partial charge in [0.25, 0.3) is 5.91 Å². The molecule has 0 aliphatic heterocycles. The first kappa shape index (κ1) is 22.0. The van der Waals surface area contributed by atoms with Crippen LogP contribution < -0.4 is 10.1 Å². The van der Waals surface area contributed by atoms with Gasteiger partial charge in [-0.05, 0) is 43.5 Å². The molecule has 3 aromatic rings. The fourth-order valence-corrected chi connectivity index (χ4v) is 3.29. The van der Waals surface area contributed by atoms with E-state index in [0.717, 1.165) is 17.7 Å². The van der Waals surface area contributed by atoms with Crippen LogP contribution in [0.5, 0.6) is 5.75 Å². The van der Waals surface area contributed by atoms with E-state index in [-0.39, 0.29) is 18.3 Å². The number of nitrogens with zero attached hydrogens (tertiary/aromatic N) is 2. The zero-order valence-corrected chi connectivity index (χ0v) is 18.2. The number of para-hydroxylation sites is 1. The lowest BCUT2D eigenvalue weighted by atomic mass is 10.1. The maximum absolute atomic E-state index is 12.3. The van der Waals surface area contributed by atoms with Gasteiger partial charge in [0.15, 0.2) is 5.76 Å². The number of allylic oxidation sites excluding steroid dienone is 1. The van der Waals surface area contributed by atoms with E-state index in [1.165, 1.54) is 0 Å². The highest BCUT2D eigenvalue weighted by atomic mass is 35.5. The van der Waals surface area contributed by atoms with Crippen LogP contribution >= 0.6 is 23.2 Å². The van der Waals surface area contributed by atoms with Crippen LogP contribution in [0.2, 0.25) is 10.2 Å². The molecule has 0 fully saturated rings. The predicted molar refractivity (Wildman–Crippen MR) is 117 cm³/mol. The zero-order valence-electron chi connectivity index (χ0n) is 16.7. The number of ether oxygens (including phenoxy) is 1. The molecule has 2 heterocycles. The molecule has 1 amide bonds. The van der Waals surface area contributed by atoms with Crippen molar-refractivity contribution in [2.24, 2.45) is 0 Å². The molecule has 0 aliphatic carbocycles. The van der Waals surface area contributed by atoms with E-state index in [0.29, 0.717) is 41.1 Å². The Bertz CT molecular complexity index is 1030. The van der Waals surface area contributed by atoms with Crippen molar-refractivity contribution < 1.29 is 13.9 Å². The van der Waals surface area contributed by atoms with Crippen LogP contribution in [-0.2, 0) is 19.6 Å². The number of halogens is 2. The third-order valence-electron chi connectivity index (χ3n) is 4.42. The fraction of sp³-hybridized carbons (Fsp3) is 0.273. The van der Waals surface area contributed by atoms with Crippen LogP contribution in [0.15, 0.2) is 53.5 Å². The lowest BCUT2D eigenvalue weighted by Crippen LogP contribution is -2.25. The van der Waals surface area contributed by atoms with Gasteiger partial charge in [0.05, 0.1) is 5.69 Å². The molecule has 0 unspecified atom stereocenters. The van der Waals surface area contributed by atoms with Crippen LogP contribution in [0.4, 0.5) is 0 Å². The van der Waals surface area contributed by atoms with Crippen LogP contribution in [0.25, 0.3) is 0 Å². The molecule has 6 nitrogen and oxygen atoms in total. The Balaban J connectivity index is 1.46. The second-order valence-corrected chi connectivity index (χ2v) is 7.41. The fourth-order valence-electron chi connectivity index (χ4n) is 2.89. The first-order valence-corrected chi connectivity index (χ1v) is 10.3. The van der Waals surface area contributed by atoms with Crippen LogP contribution in [0.1, 0.15) is 34.0 Å². The first-order chi connectivity index (χ1) is 14.5. The number of furan rings is 1. The average Bonchev–Trinajstić information content (AvgIpc) is 3.31. The van der Waals surface area contributed by atoms with Gasteiger partial charge < -0.3 is 14.5 Å². The second-order valence-electron chi connectivity index (χ2n) is 6.68. The summed E-state index contributed by atoms with van der Waals surface area (Å²) in [6.07, 6.45) is 3.20. The Hall–Kier alpha value is -2.70. The molecule has 0 saturated carbocycles. The van der Waals surface area contributed by atoms with Gasteiger partial charge in [0.1, 0.15) is 28.3 Å². The minimum atomic E-state index is -0.283. The van der Waals surface area contributed by atoms with Crippen LogP contribution in [0, 0.1) is 6.92 Å². The Morgan fingerprint density at radius 1 is 1.30 bits per heavy atom. The predicted octanol–water partition coefficient (Wildman–Crippen LogP) is 5.22.